The molecule has 5 rings (SSSR count). The number of nitrogens with zero attached hydrogens (tertiary/aromatic N) is 2. The van der Waals surface area contributed by atoms with Gasteiger partial charge in [-0.2, -0.15) is 0 Å². The maximum Gasteiger partial charge on any atom is 0.343 e. The molecule has 0 bridgehead atoms. The third kappa shape index (κ3) is 2.42. The Balaban J connectivity index is 1.85. The standard InChI is InChI=1S/C23H22N2O6/c1-5-23(28)14-8-15-19-12(9-25(15)21(26)13(14)10-31-22(23)27)11(2)18-16(29-3)6-7-17(30-4)20(18)24-19/h6-8,28H,5,9-10H2,1-4H3/t23-/m0/s1. The zero-order valence-corrected chi connectivity index (χ0v) is 17.7. The molecule has 3 aromatic rings. The summed E-state index contributed by atoms with van der Waals surface area (Å²) in [4.78, 5) is 30.5. The van der Waals surface area contributed by atoms with Gasteiger partial charge in [0, 0.05) is 16.5 Å². The van der Waals surface area contributed by atoms with Gasteiger partial charge in [0.1, 0.15) is 23.6 Å². The minimum atomic E-state index is -1.85. The van der Waals surface area contributed by atoms with Crippen LogP contribution in [0.4, 0.5) is 0 Å². The number of aryl methyl sites for hydroxylation is 1. The van der Waals surface area contributed by atoms with Crippen molar-refractivity contribution in [3.63, 3.8) is 0 Å². The molecule has 0 saturated heterocycles. The first-order valence-corrected chi connectivity index (χ1v) is 10.1. The third-order valence-corrected chi connectivity index (χ3v) is 6.48. The third-order valence-electron chi connectivity index (χ3n) is 6.48. The summed E-state index contributed by atoms with van der Waals surface area (Å²) in [5, 5.41) is 11.8. The van der Waals surface area contributed by atoms with Gasteiger partial charge in [-0.25, -0.2) is 9.78 Å². The second kappa shape index (κ2) is 6.55. The highest BCUT2D eigenvalue weighted by Gasteiger charge is 2.45. The van der Waals surface area contributed by atoms with Crippen LogP contribution in [0.25, 0.3) is 22.3 Å². The van der Waals surface area contributed by atoms with Crippen molar-refractivity contribution < 1.29 is 24.1 Å². The number of benzene rings is 1. The van der Waals surface area contributed by atoms with E-state index in [4.69, 9.17) is 19.2 Å². The van der Waals surface area contributed by atoms with Crippen LogP contribution in [0.5, 0.6) is 11.5 Å². The Labute approximate surface area is 178 Å². The fourth-order valence-electron chi connectivity index (χ4n) is 4.69. The largest absolute Gasteiger partial charge is 0.496 e. The molecule has 2 aliphatic heterocycles. The summed E-state index contributed by atoms with van der Waals surface area (Å²) < 4.78 is 17.8. The zero-order valence-electron chi connectivity index (χ0n) is 17.7. The van der Waals surface area contributed by atoms with Crippen LogP contribution in [0, 0.1) is 6.92 Å². The summed E-state index contributed by atoms with van der Waals surface area (Å²) in [5.74, 6) is 0.527. The van der Waals surface area contributed by atoms with E-state index >= 15 is 0 Å². The van der Waals surface area contributed by atoms with Gasteiger partial charge in [0.2, 0.25) is 0 Å². The van der Waals surface area contributed by atoms with Crippen LogP contribution >= 0.6 is 0 Å². The molecular formula is C23H22N2O6. The number of esters is 1. The van der Waals surface area contributed by atoms with E-state index in [2.05, 4.69) is 0 Å². The first kappa shape index (κ1) is 19.6. The minimum Gasteiger partial charge on any atom is -0.496 e. The van der Waals surface area contributed by atoms with E-state index < -0.39 is 11.6 Å². The first-order chi connectivity index (χ1) is 14.8. The monoisotopic (exact) mass is 422 g/mol. The van der Waals surface area contributed by atoms with Gasteiger partial charge < -0.3 is 23.9 Å². The lowest BCUT2D eigenvalue weighted by Gasteiger charge is -2.31. The van der Waals surface area contributed by atoms with E-state index in [0.717, 1.165) is 16.5 Å². The SMILES string of the molecule is CC[C@@]1(O)C(=O)OCc2c1cc1n(c2=O)Cc2c-1nc1c(OC)ccc(OC)c1c2C. The summed E-state index contributed by atoms with van der Waals surface area (Å²) in [7, 11) is 3.18. The van der Waals surface area contributed by atoms with Gasteiger partial charge in [0.15, 0.2) is 5.60 Å². The molecule has 2 aliphatic rings. The molecule has 4 heterocycles. The Hall–Kier alpha value is -3.39. The second-order valence-electron chi connectivity index (χ2n) is 7.86. The predicted molar refractivity (Wildman–Crippen MR) is 112 cm³/mol. The molecule has 0 aliphatic carbocycles. The molecule has 1 aromatic carbocycles. The van der Waals surface area contributed by atoms with Gasteiger partial charge >= 0.3 is 5.97 Å². The highest BCUT2D eigenvalue weighted by molar-refractivity contribution is 5.96. The van der Waals surface area contributed by atoms with Crippen molar-refractivity contribution in [3.8, 4) is 22.9 Å². The topological polar surface area (TPSA) is 99.9 Å². The number of pyridine rings is 2. The van der Waals surface area contributed by atoms with Crippen LogP contribution in [0.1, 0.15) is 35.6 Å². The summed E-state index contributed by atoms with van der Waals surface area (Å²) in [5.41, 5.74) is 2.13. The van der Waals surface area contributed by atoms with Crippen molar-refractivity contribution in [2.45, 2.75) is 39.0 Å². The van der Waals surface area contributed by atoms with Gasteiger partial charge in [-0.15, -0.1) is 0 Å². The molecule has 2 aromatic heterocycles. The van der Waals surface area contributed by atoms with E-state index in [1.165, 1.54) is 0 Å². The summed E-state index contributed by atoms with van der Waals surface area (Å²) >= 11 is 0. The van der Waals surface area contributed by atoms with Crippen LogP contribution in [0.15, 0.2) is 23.0 Å². The number of cyclic esters (lactones) is 1. The molecule has 0 amide bonds. The van der Waals surface area contributed by atoms with Gasteiger partial charge in [-0.1, -0.05) is 6.92 Å². The van der Waals surface area contributed by atoms with Crippen LogP contribution in [-0.4, -0.2) is 34.8 Å². The van der Waals surface area contributed by atoms with Crippen LogP contribution in [-0.2, 0) is 28.3 Å². The molecular weight excluding hydrogens is 400 g/mol. The lowest BCUT2D eigenvalue weighted by molar-refractivity contribution is -0.172. The molecule has 1 atom stereocenters. The highest BCUT2D eigenvalue weighted by atomic mass is 16.6. The average molecular weight is 422 g/mol. The molecule has 0 spiro atoms. The van der Waals surface area contributed by atoms with Gasteiger partial charge in [0.25, 0.3) is 5.56 Å². The number of methoxy groups -OCH3 is 2. The molecule has 0 radical (unpaired) electrons. The average Bonchev–Trinajstić information content (AvgIpc) is 3.15. The van der Waals surface area contributed by atoms with Gasteiger partial charge in [-0.3, -0.25) is 4.79 Å². The van der Waals surface area contributed by atoms with Crippen molar-refractivity contribution in [1.29, 1.82) is 0 Å². The maximum atomic E-state index is 13.3. The van der Waals surface area contributed by atoms with Crippen molar-refractivity contribution in [2.24, 2.45) is 0 Å². The van der Waals surface area contributed by atoms with Crippen molar-refractivity contribution in [1.82, 2.24) is 9.55 Å². The number of carbonyl (C=O) groups is 1. The van der Waals surface area contributed by atoms with Crippen molar-refractivity contribution in [2.75, 3.05) is 14.2 Å². The van der Waals surface area contributed by atoms with Gasteiger partial charge in [0.05, 0.1) is 37.7 Å². The van der Waals surface area contributed by atoms with Crippen LogP contribution in [0.2, 0.25) is 0 Å². The Morgan fingerprint density at radius 1 is 1.19 bits per heavy atom. The second-order valence-corrected chi connectivity index (χ2v) is 7.86. The highest BCUT2D eigenvalue weighted by Crippen LogP contribution is 2.43. The van der Waals surface area contributed by atoms with Crippen LogP contribution in [0.3, 0.4) is 0 Å². The maximum absolute atomic E-state index is 13.3. The van der Waals surface area contributed by atoms with E-state index in [0.29, 0.717) is 46.1 Å². The number of aliphatic hydroxyl groups is 1. The molecule has 0 saturated carbocycles. The molecule has 8 nitrogen and oxygen atoms in total. The molecule has 0 fully saturated rings. The molecule has 160 valence electrons. The Bertz CT molecular complexity index is 1340. The predicted octanol–water partition coefficient (Wildman–Crippen LogP) is 2.41. The van der Waals surface area contributed by atoms with Crippen molar-refractivity contribution in [3.05, 3.63) is 50.8 Å². The lowest BCUT2D eigenvalue weighted by atomic mass is 9.86. The Kier molecular flexibility index (Phi) is 4.14. The fraction of sp³-hybridized carbons (Fsp3) is 0.348. The van der Waals surface area contributed by atoms with Crippen molar-refractivity contribution >= 4 is 16.9 Å². The summed E-state index contributed by atoms with van der Waals surface area (Å²) in [6, 6.07) is 5.33. The first-order valence-electron chi connectivity index (χ1n) is 10.1. The number of carbonyl (C=O) groups excluding carboxylic acids is 1. The minimum absolute atomic E-state index is 0.101. The summed E-state index contributed by atoms with van der Waals surface area (Å²) in [6.45, 7) is 3.84. The molecule has 0 unspecified atom stereocenters. The number of fused-ring (bicyclic) bond motifs is 5. The number of ether oxygens (including phenoxy) is 3. The van der Waals surface area contributed by atoms with E-state index in [1.807, 2.05) is 13.0 Å². The molecule has 8 heteroatoms. The summed E-state index contributed by atoms with van der Waals surface area (Å²) in [6.07, 6.45) is 0.101. The van der Waals surface area contributed by atoms with Crippen LogP contribution < -0.4 is 15.0 Å². The Morgan fingerprint density at radius 2 is 1.90 bits per heavy atom. The number of hydrogen-bond acceptors (Lipinski definition) is 7. The normalized spacial score (nSPS) is 18.9. The van der Waals surface area contributed by atoms with E-state index in [1.54, 1.807) is 37.8 Å². The Morgan fingerprint density at radius 3 is 2.58 bits per heavy atom. The smallest absolute Gasteiger partial charge is 0.343 e. The molecule has 1 N–H and O–H groups in total. The number of rotatable bonds is 3. The number of hydrogen-bond donors (Lipinski definition) is 1. The fourth-order valence-corrected chi connectivity index (χ4v) is 4.69. The molecule has 31 heavy (non-hydrogen) atoms. The van der Waals surface area contributed by atoms with E-state index in [-0.39, 0.29) is 18.6 Å². The zero-order chi connectivity index (χ0) is 22.1. The lowest BCUT2D eigenvalue weighted by Crippen LogP contribution is -2.44. The number of aromatic nitrogens is 2. The van der Waals surface area contributed by atoms with Gasteiger partial charge in [-0.05, 0) is 37.1 Å². The quantitative estimate of drug-likeness (QED) is 0.506. The van der Waals surface area contributed by atoms with E-state index in [9.17, 15) is 14.7 Å².